The van der Waals surface area contributed by atoms with E-state index in [0.29, 0.717) is 0 Å². The summed E-state index contributed by atoms with van der Waals surface area (Å²) in [4.78, 5) is 11.6. The second-order valence-electron chi connectivity index (χ2n) is 3.02. The number of benzene rings is 1. The number of anilines is 1. The van der Waals surface area contributed by atoms with E-state index in [9.17, 15) is 4.79 Å². The van der Waals surface area contributed by atoms with E-state index in [1.165, 1.54) is 0 Å². The molecule has 1 aliphatic rings. The van der Waals surface area contributed by atoms with E-state index in [0.717, 1.165) is 21.4 Å². The molecule has 2 nitrogen and oxygen atoms in total. The molecule has 0 spiro atoms. The minimum Gasteiger partial charge on any atom is -0.322 e. The highest BCUT2D eigenvalue weighted by atomic mass is 32.2. The van der Waals surface area contributed by atoms with Crippen LogP contribution in [0.3, 0.4) is 0 Å². The summed E-state index contributed by atoms with van der Waals surface area (Å²) in [5, 5.41) is 2.83. The number of amides is 1. The van der Waals surface area contributed by atoms with E-state index in [1.807, 2.05) is 30.3 Å². The Balaban J connectivity index is 1.95. The smallest absolute Gasteiger partial charge is 0.250 e. The van der Waals surface area contributed by atoms with Gasteiger partial charge in [0, 0.05) is 27.5 Å². The van der Waals surface area contributed by atoms with Crippen LogP contribution in [0.1, 0.15) is 0 Å². The van der Waals surface area contributed by atoms with E-state index in [-0.39, 0.29) is 5.91 Å². The Kier molecular flexibility index (Phi) is 3.75. The molecule has 78 valence electrons. The quantitative estimate of drug-likeness (QED) is 0.802. The van der Waals surface area contributed by atoms with Crippen molar-refractivity contribution in [1.29, 1.82) is 0 Å². The molecule has 2 rings (SSSR count). The van der Waals surface area contributed by atoms with Crippen LogP contribution in [0.15, 0.2) is 40.6 Å². The van der Waals surface area contributed by atoms with E-state index < -0.39 is 0 Å². The number of rotatable bonds is 2. The van der Waals surface area contributed by atoms with Gasteiger partial charge >= 0.3 is 0 Å². The zero-order chi connectivity index (χ0) is 10.5. The zero-order valence-electron chi connectivity index (χ0n) is 8.10. The molecule has 1 amide bonds. The molecule has 0 radical (unpaired) electrons. The lowest BCUT2D eigenvalue weighted by Gasteiger charge is -2.01. The van der Waals surface area contributed by atoms with Crippen LogP contribution < -0.4 is 5.32 Å². The van der Waals surface area contributed by atoms with Crippen LogP contribution in [0.5, 0.6) is 0 Å². The number of carbonyl (C=O) groups excluding carboxylic acids is 1. The van der Waals surface area contributed by atoms with Gasteiger partial charge in [0.15, 0.2) is 0 Å². The van der Waals surface area contributed by atoms with Crippen molar-refractivity contribution >= 4 is 35.1 Å². The normalized spacial score (nSPS) is 15.1. The first-order chi connectivity index (χ1) is 7.34. The number of nitrogens with one attached hydrogen (secondary N) is 1. The molecule has 1 aromatic rings. The number of para-hydroxylation sites is 1. The predicted octanol–water partition coefficient (Wildman–Crippen LogP) is 2.95. The second-order valence-corrected chi connectivity index (χ2v) is 5.55. The van der Waals surface area contributed by atoms with Crippen LogP contribution in [-0.2, 0) is 4.79 Å². The van der Waals surface area contributed by atoms with Crippen LogP contribution in [-0.4, -0.2) is 17.4 Å². The van der Waals surface area contributed by atoms with Crippen molar-refractivity contribution < 1.29 is 4.79 Å². The largest absolute Gasteiger partial charge is 0.322 e. The first-order valence-electron chi connectivity index (χ1n) is 4.68. The van der Waals surface area contributed by atoms with Gasteiger partial charge in [0.1, 0.15) is 0 Å². The van der Waals surface area contributed by atoms with Crippen molar-refractivity contribution in [3.8, 4) is 0 Å². The molecule has 1 saturated heterocycles. The summed E-state index contributed by atoms with van der Waals surface area (Å²) in [5.74, 6) is 2.17. The number of thioether (sulfide) groups is 2. The van der Waals surface area contributed by atoms with Crippen molar-refractivity contribution in [2.75, 3.05) is 16.8 Å². The Morgan fingerprint density at radius 2 is 1.87 bits per heavy atom. The van der Waals surface area contributed by atoms with Crippen LogP contribution in [0.25, 0.3) is 0 Å². The van der Waals surface area contributed by atoms with Crippen LogP contribution in [0, 0.1) is 0 Å². The van der Waals surface area contributed by atoms with Gasteiger partial charge in [-0.3, -0.25) is 4.79 Å². The fourth-order valence-electron chi connectivity index (χ4n) is 1.22. The van der Waals surface area contributed by atoms with Gasteiger partial charge in [-0.05, 0) is 12.1 Å². The summed E-state index contributed by atoms with van der Waals surface area (Å²) in [5.41, 5.74) is 0.840. The van der Waals surface area contributed by atoms with E-state index in [1.54, 1.807) is 29.6 Å². The lowest BCUT2D eigenvalue weighted by atomic mass is 10.3. The third-order valence-corrected chi connectivity index (χ3v) is 4.45. The summed E-state index contributed by atoms with van der Waals surface area (Å²) >= 11 is 3.49. The lowest BCUT2D eigenvalue weighted by molar-refractivity contribution is -0.111. The molecule has 0 atom stereocenters. The van der Waals surface area contributed by atoms with Gasteiger partial charge in [-0.1, -0.05) is 18.2 Å². The van der Waals surface area contributed by atoms with E-state index >= 15 is 0 Å². The van der Waals surface area contributed by atoms with E-state index in [4.69, 9.17) is 0 Å². The molecule has 1 aliphatic heterocycles. The highest BCUT2D eigenvalue weighted by Crippen LogP contribution is 2.35. The van der Waals surface area contributed by atoms with Crippen molar-refractivity contribution in [3.63, 3.8) is 0 Å². The lowest BCUT2D eigenvalue weighted by Crippen LogP contribution is -2.07. The standard InChI is InChI=1S/C11H11NOS2/c13-10(8-11-14-6-7-15-11)12-9-4-2-1-3-5-9/h1-5,8H,6-7H2,(H,12,13). The van der Waals surface area contributed by atoms with Gasteiger partial charge in [0.25, 0.3) is 0 Å². The summed E-state index contributed by atoms with van der Waals surface area (Å²) < 4.78 is 1.11. The van der Waals surface area contributed by atoms with Crippen LogP contribution >= 0.6 is 23.5 Å². The third kappa shape index (κ3) is 3.32. The highest BCUT2D eigenvalue weighted by molar-refractivity contribution is 8.25. The van der Waals surface area contributed by atoms with Gasteiger partial charge in [-0.2, -0.15) is 0 Å². The van der Waals surface area contributed by atoms with Gasteiger partial charge in [0.05, 0.1) is 0 Å². The second kappa shape index (κ2) is 5.28. The maximum Gasteiger partial charge on any atom is 0.250 e. The Morgan fingerprint density at radius 1 is 1.20 bits per heavy atom. The van der Waals surface area contributed by atoms with E-state index in [2.05, 4.69) is 5.32 Å². The van der Waals surface area contributed by atoms with Gasteiger partial charge < -0.3 is 5.32 Å². The number of carbonyl (C=O) groups is 1. The molecule has 0 bridgehead atoms. The molecule has 1 N–H and O–H groups in total. The van der Waals surface area contributed by atoms with Crippen LogP contribution in [0.4, 0.5) is 5.69 Å². The zero-order valence-corrected chi connectivity index (χ0v) is 9.74. The summed E-state index contributed by atoms with van der Waals surface area (Å²) in [6.45, 7) is 0. The Labute approximate surface area is 97.5 Å². The SMILES string of the molecule is O=C(C=C1SCCS1)Nc1ccccc1. The summed E-state index contributed by atoms with van der Waals surface area (Å²) in [6, 6.07) is 9.50. The summed E-state index contributed by atoms with van der Waals surface area (Å²) in [7, 11) is 0. The molecular weight excluding hydrogens is 226 g/mol. The average Bonchev–Trinajstić information content (AvgIpc) is 2.71. The van der Waals surface area contributed by atoms with Crippen molar-refractivity contribution in [1.82, 2.24) is 0 Å². The molecule has 4 heteroatoms. The van der Waals surface area contributed by atoms with Crippen LogP contribution in [0.2, 0.25) is 0 Å². The van der Waals surface area contributed by atoms with Crippen molar-refractivity contribution in [2.24, 2.45) is 0 Å². The topological polar surface area (TPSA) is 29.1 Å². The number of hydrogen-bond acceptors (Lipinski definition) is 3. The maximum atomic E-state index is 11.6. The molecular formula is C11H11NOS2. The first kappa shape index (κ1) is 10.6. The Hall–Kier alpha value is -0.870. The molecule has 1 aromatic carbocycles. The fourth-order valence-corrected chi connectivity index (χ4v) is 3.50. The van der Waals surface area contributed by atoms with Gasteiger partial charge in [-0.25, -0.2) is 0 Å². The maximum absolute atomic E-state index is 11.6. The minimum absolute atomic E-state index is 0.0434. The van der Waals surface area contributed by atoms with Crippen molar-refractivity contribution in [3.05, 3.63) is 40.6 Å². The minimum atomic E-state index is -0.0434. The number of hydrogen-bond donors (Lipinski definition) is 1. The predicted molar refractivity (Wildman–Crippen MR) is 68.1 cm³/mol. The molecule has 1 fully saturated rings. The third-order valence-electron chi connectivity index (χ3n) is 1.86. The van der Waals surface area contributed by atoms with Gasteiger partial charge in [0.2, 0.25) is 5.91 Å². The molecule has 0 saturated carbocycles. The first-order valence-corrected chi connectivity index (χ1v) is 6.65. The molecule has 15 heavy (non-hydrogen) atoms. The molecule has 0 aliphatic carbocycles. The van der Waals surface area contributed by atoms with Crippen molar-refractivity contribution in [2.45, 2.75) is 0 Å². The Bertz CT molecular complexity index is 367. The molecule has 1 heterocycles. The fraction of sp³-hybridized carbons (Fsp3) is 0.182. The van der Waals surface area contributed by atoms with Gasteiger partial charge in [-0.15, -0.1) is 23.5 Å². The summed E-state index contributed by atoms with van der Waals surface area (Å²) in [6.07, 6.45) is 1.68. The molecule has 0 unspecified atom stereocenters. The molecule has 0 aromatic heterocycles. The Morgan fingerprint density at radius 3 is 2.53 bits per heavy atom. The monoisotopic (exact) mass is 237 g/mol. The average molecular weight is 237 g/mol. The highest BCUT2D eigenvalue weighted by Gasteiger charge is 2.09.